The molecule has 1 unspecified atom stereocenters. The fraction of sp³-hybridized carbons (Fsp3) is 0.133. The molecule has 1 N–H and O–H groups in total. The van der Waals surface area contributed by atoms with E-state index in [4.69, 9.17) is 0 Å². The molecule has 0 radical (unpaired) electrons. The summed E-state index contributed by atoms with van der Waals surface area (Å²) in [6.45, 7) is 2.08. The Morgan fingerprint density at radius 2 is 1.86 bits per heavy atom. The summed E-state index contributed by atoms with van der Waals surface area (Å²) in [5, 5.41) is 15.8. The molecule has 0 fully saturated rings. The summed E-state index contributed by atoms with van der Waals surface area (Å²) >= 11 is 3.47. The van der Waals surface area contributed by atoms with E-state index in [1.165, 1.54) is 0 Å². The lowest BCUT2D eigenvalue weighted by atomic mass is 9.97. The molecule has 0 aliphatic carbocycles. The minimum Gasteiger partial charge on any atom is -0.357 e. The zero-order chi connectivity index (χ0) is 14.4. The second-order valence-corrected chi connectivity index (χ2v) is 6.08. The van der Waals surface area contributed by atoms with E-state index < -0.39 is 5.66 Å². The number of anilines is 1. The topological polar surface area (TPSA) is 55.6 Å². The number of aromatic nitrogens is 4. The summed E-state index contributed by atoms with van der Waals surface area (Å²) in [6.07, 6.45) is 0. The monoisotopic (exact) mass is 341 g/mol. The largest absolute Gasteiger partial charge is 0.357 e. The Kier molecular flexibility index (Phi) is 2.62. The maximum Gasteiger partial charge on any atom is 0.186 e. The zero-order valence-electron chi connectivity index (χ0n) is 11.3. The van der Waals surface area contributed by atoms with Crippen LogP contribution in [0, 0.1) is 0 Å². The van der Waals surface area contributed by atoms with Gasteiger partial charge in [0.05, 0.1) is 0 Å². The Bertz CT molecular complexity index is 811. The van der Waals surface area contributed by atoms with E-state index in [-0.39, 0.29) is 0 Å². The molecule has 1 atom stereocenters. The second kappa shape index (κ2) is 4.39. The van der Waals surface area contributed by atoms with Gasteiger partial charge in [0.25, 0.3) is 0 Å². The van der Waals surface area contributed by atoms with Gasteiger partial charge in [0.1, 0.15) is 0 Å². The molecule has 2 aromatic carbocycles. The number of para-hydroxylation sites is 1. The smallest absolute Gasteiger partial charge is 0.186 e. The highest BCUT2D eigenvalue weighted by Crippen LogP contribution is 2.39. The van der Waals surface area contributed by atoms with Crippen LogP contribution in [0.15, 0.2) is 53.0 Å². The molecule has 0 saturated heterocycles. The number of hydrogen-bond donors (Lipinski definition) is 1. The minimum absolute atomic E-state index is 0.520. The highest BCUT2D eigenvalue weighted by molar-refractivity contribution is 9.10. The predicted octanol–water partition coefficient (Wildman–Crippen LogP) is 3.25. The van der Waals surface area contributed by atoms with Crippen LogP contribution in [0.1, 0.15) is 12.5 Å². The van der Waals surface area contributed by atoms with E-state index in [0.29, 0.717) is 0 Å². The van der Waals surface area contributed by atoms with Crippen molar-refractivity contribution in [2.45, 2.75) is 12.6 Å². The third-order valence-corrected chi connectivity index (χ3v) is 4.37. The van der Waals surface area contributed by atoms with E-state index in [2.05, 4.69) is 55.8 Å². The van der Waals surface area contributed by atoms with Gasteiger partial charge in [-0.05, 0) is 47.2 Å². The van der Waals surface area contributed by atoms with Crippen molar-refractivity contribution in [2.75, 3.05) is 5.32 Å². The minimum atomic E-state index is -0.520. The molecule has 3 aromatic rings. The molecule has 4 rings (SSSR count). The van der Waals surface area contributed by atoms with Crippen LogP contribution in [-0.4, -0.2) is 20.2 Å². The van der Waals surface area contributed by atoms with Gasteiger partial charge in [-0.1, -0.05) is 40.2 Å². The molecule has 5 nitrogen and oxygen atoms in total. The molecule has 1 aliphatic rings. The lowest BCUT2D eigenvalue weighted by Crippen LogP contribution is -2.43. The van der Waals surface area contributed by atoms with Crippen molar-refractivity contribution >= 4 is 21.6 Å². The van der Waals surface area contributed by atoms with Crippen molar-refractivity contribution < 1.29 is 0 Å². The van der Waals surface area contributed by atoms with E-state index in [9.17, 15) is 0 Å². The van der Waals surface area contributed by atoms with E-state index in [1.54, 1.807) is 0 Å². The van der Waals surface area contributed by atoms with Gasteiger partial charge in [-0.15, -0.1) is 5.10 Å². The summed E-state index contributed by atoms with van der Waals surface area (Å²) in [6, 6.07) is 16.2. The lowest BCUT2D eigenvalue weighted by Gasteiger charge is -2.37. The molecule has 104 valence electrons. The van der Waals surface area contributed by atoms with E-state index in [0.717, 1.165) is 27.1 Å². The third-order valence-electron chi connectivity index (χ3n) is 3.85. The first-order chi connectivity index (χ1) is 10.2. The second-order valence-electron chi connectivity index (χ2n) is 5.16. The number of hydrogen-bond acceptors (Lipinski definition) is 4. The molecular formula is C15H12BrN5. The van der Waals surface area contributed by atoms with Crippen LogP contribution >= 0.6 is 15.9 Å². The van der Waals surface area contributed by atoms with Crippen LogP contribution in [0.25, 0.3) is 11.4 Å². The highest BCUT2D eigenvalue weighted by Gasteiger charge is 2.37. The van der Waals surface area contributed by atoms with Gasteiger partial charge in [-0.25, -0.2) is 0 Å². The van der Waals surface area contributed by atoms with Gasteiger partial charge in [0.15, 0.2) is 11.5 Å². The average Bonchev–Trinajstić information content (AvgIpc) is 2.99. The molecule has 6 heteroatoms. The van der Waals surface area contributed by atoms with Crippen molar-refractivity contribution in [3.8, 4) is 11.4 Å². The molecule has 0 saturated carbocycles. The van der Waals surface area contributed by atoms with Crippen molar-refractivity contribution in [3.63, 3.8) is 0 Å². The van der Waals surface area contributed by atoms with Gasteiger partial charge in [0.2, 0.25) is 0 Å². The van der Waals surface area contributed by atoms with Gasteiger partial charge < -0.3 is 5.32 Å². The average molecular weight is 342 g/mol. The fourth-order valence-electron chi connectivity index (χ4n) is 2.73. The number of tetrazole rings is 1. The quantitative estimate of drug-likeness (QED) is 0.738. The van der Waals surface area contributed by atoms with Crippen LogP contribution in [0.2, 0.25) is 0 Å². The number of benzene rings is 2. The molecule has 0 amide bonds. The molecule has 1 aliphatic heterocycles. The van der Waals surface area contributed by atoms with Crippen LogP contribution < -0.4 is 5.32 Å². The molecule has 0 bridgehead atoms. The predicted molar refractivity (Wildman–Crippen MR) is 83.8 cm³/mol. The van der Waals surface area contributed by atoms with Gasteiger partial charge in [0, 0.05) is 15.7 Å². The van der Waals surface area contributed by atoms with Crippen LogP contribution in [-0.2, 0) is 5.66 Å². The van der Waals surface area contributed by atoms with Crippen LogP contribution in [0.3, 0.4) is 0 Å². The van der Waals surface area contributed by atoms with Gasteiger partial charge in [-0.3, -0.25) is 0 Å². The first kappa shape index (κ1) is 12.5. The number of nitrogens with one attached hydrogen (secondary N) is 1. The molecular weight excluding hydrogens is 330 g/mol. The summed E-state index contributed by atoms with van der Waals surface area (Å²) in [4.78, 5) is 0. The maximum atomic E-state index is 4.19. The Hall–Kier alpha value is -2.21. The first-order valence-corrected chi connectivity index (χ1v) is 7.40. The SMILES string of the molecule is CC1(c2ccc(Br)cc2)Nc2ccccc2-c2nnnn21. The summed E-state index contributed by atoms with van der Waals surface area (Å²) in [5.41, 5.74) is 2.62. The van der Waals surface area contributed by atoms with E-state index in [1.807, 2.05) is 41.1 Å². The zero-order valence-corrected chi connectivity index (χ0v) is 12.9. The Morgan fingerprint density at radius 3 is 2.67 bits per heavy atom. The standard InChI is InChI=1S/C15H12BrN5/c1-15(10-6-8-11(16)9-7-10)17-13-5-3-2-4-12(13)14-18-19-20-21(14)15/h2-9,17H,1H3. The third kappa shape index (κ3) is 1.79. The van der Waals surface area contributed by atoms with Gasteiger partial charge in [-0.2, -0.15) is 4.68 Å². The summed E-state index contributed by atoms with van der Waals surface area (Å²) < 4.78 is 2.88. The summed E-state index contributed by atoms with van der Waals surface area (Å²) in [7, 11) is 0. The maximum absolute atomic E-state index is 4.19. The Balaban J connectivity index is 1.94. The van der Waals surface area contributed by atoms with E-state index >= 15 is 0 Å². The van der Waals surface area contributed by atoms with Crippen molar-refractivity contribution in [3.05, 3.63) is 58.6 Å². The number of fused-ring (bicyclic) bond motifs is 3. The molecule has 0 spiro atoms. The first-order valence-electron chi connectivity index (χ1n) is 6.61. The summed E-state index contributed by atoms with van der Waals surface area (Å²) in [5.74, 6) is 0.773. The normalized spacial score (nSPS) is 19.5. The molecule has 1 aromatic heterocycles. The lowest BCUT2D eigenvalue weighted by molar-refractivity contribution is 0.393. The molecule has 2 heterocycles. The molecule has 21 heavy (non-hydrogen) atoms. The van der Waals surface area contributed by atoms with Gasteiger partial charge >= 0.3 is 0 Å². The van der Waals surface area contributed by atoms with Crippen molar-refractivity contribution in [1.82, 2.24) is 20.2 Å². The number of rotatable bonds is 1. The van der Waals surface area contributed by atoms with Crippen LogP contribution in [0.4, 0.5) is 5.69 Å². The van der Waals surface area contributed by atoms with Crippen LogP contribution in [0.5, 0.6) is 0 Å². The van der Waals surface area contributed by atoms with Crippen molar-refractivity contribution in [2.24, 2.45) is 0 Å². The highest BCUT2D eigenvalue weighted by atomic mass is 79.9. The number of halogens is 1. The Morgan fingerprint density at radius 1 is 1.10 bits per heavy atom. The van der Waals surface area contributed by atoms with Crippen molar-refractivity contribution in [1.29, 1.82) is 0 Å². The number of nitrogens with zero attached hydrogens (tertiary/aromatic N) is 4. The fourth-order valence-corrected chi connectivity index (χ4v) is 2.99. The Labute approximate surface area is 130 Å².